The van der Waals surface area contributed by atoms with E-state index in [4.69, 9.17) is 9.57 Å². The molecule has 1 aliphatic rings. The van der Waals surface area contributed by atoms with Crippen molar-refractivity contribution in [2.45, 2.75) is 51.7 Å². The Bertz CT molecular complexity index is 1200. The maximum atomic E-state index is 13.6. The molecule has 4 rings (SSSR count). The third-order valence-corrected chi connectivity index (χ3v) is 6.38. The van der Waals surface area contributed by atoms with E-state index in [0.29, 0.717) is 40.5 Å². The molecule has 1 fully saturated rings. The average molecular weight is 502 g/mol. The van der Waals surface area contributed by atoms with Gasteiger partial charge in [-0.3, -0.25) is 19.6 Å². The summed E-state index contributed by atoms with van der Waals surface area (Å²) in [5, 5.41) is 9.83. The van der Waals surface area contributed by atoms with Crippen molar-refractivity contribution in [2.75, 3.05) is 13.7 Å². The van der Waals surface area contributed by atoms with E-state index in [-0.39, 0.29) is 17.6 Å². The zero-order valence-corrected chi connectivity index (χ0v) is 20.9. The number of H-pyrrole nitrogens is 1. The number of aromatic nitrogens is 3. The molecule has 0 radical (unpaired) electrons. The van der Waals surface area contributed by atoms with Crippen LogP contribution in [0.3, 0.4) is 0 Å². The van der Waals surface area contributed by atoms with Crippen molar-refractivity contribution in [2.24, 2.45) is 0 Å². The second-order valence-electron chi connectivity index (χ2n) is 9.23. The van der Waals surface area contributed by atoms with Crippen LogP contribution in [0.1, 0.15) is 62.3 Å². The summed E-state index contributed by atoms with van der Waals surface area (Å²) in [4.78, 5) is 36.3. The highest BCUT2D eigenvalue weighted by Gasteiger charge is 2.35. The van der Waals surface area contributed by atoms with Crippen LogP contribution in [0.5, 0.6) is 0 Å². The number of amides is 2. The topological polar surface area (TPSA) is 109 Å². The fourth-order valence-electron chi connectivity index (χ4n) is 4.04. The summed E-state index contributed by atoms with van der Waals surface area (Å²) in [6.45, 7) is 6.05. The molecule has 0 saturated carbocycles. The van der Waals surface area contributed by atoms with Crippen molar-refractivity contribution in [3.63, 3.8) is 0 Å². The number of carbonyl (C=O) groups is 2. The summed E-state index contributed by atoms with van der Waals surface area (Å²) in [5.74, 6) is -0.835. The van der Waals surface area contributed by atoms with Gasteiger partial charge in [-0.25, -0.2) is 19.6 Å². The third-order valence-electron chi connectivity index (χ3n) is 5.52. The van der Waals surface area contributed by atoms with Crippen molar-refractivity contribution < 1.29 is 23.6 Å². The summed E-state index contributed by atoms with van der Waals surface area (Å²) in [5.41, 5.74) is 4.43. The molecule has 2 amide bonds. The van der Waals surface area contributed by atoms with Crippen LogP contribution in [0.25, 0.3) is 21.8 Å². The van der Waals surface area contributed by atoms with E-state index in [2.05, 4.69) is 20.7 Å². The van der Waals surface area contributed by atoms with E-state index in [1.165, 1.54) is 30.6 Å². The van der Waals surface area contributed by atoms with Crippen molar-refractivity contribution in [1.29, 1.82) is 0 Å². The third kappa shape index (κ3) is 5.51. The molecule has 3 aromatic rings. The predicted molar refractivity (Wildman–Crippen MR) is 129 cm³/mol. The maximum absolute atomic E-state index is 13.6. The van der Waals surface area contributed by atoms with Crippen LogP contribution in [0.2, 0.25) is 0 Å². The number of benzene rings is 1. The molecular formula is C24H28FN5O4S. The molecule has 1 saturated heterocycles. The van der Waals surface area contributed by atoms with E-state index in [1.807, 2.05) is 20.8 Å². The SMILES string of the molecule is CONC(=O)c1csc(-c2c(-c3ccc(F)cc3)n[nH]c2C2CCCCN2C(=O)OC(C)(C)C)n1. The number of hydroxylamine groups is 1. The van der Waals surface area contributed by atoms with E-state index >= 15 is 0 Å². The normalized spacial score (nSPS) is 16.3. The number of thiazole rings is 1. The largest absolute Gasteiger partial charge is 0.444 e. The number of hydrogen-bond acceptors (Lipinski definition) is 7. The average Bonchev–Trinajstić information content (AvgIpc) is 3.46. The Labute approximate surface area is 206 Å². The van der Waals surface area contributed by atoms with Crippen molar-refractivity contribution in [3.05, 3.63) is 46.9 Å². The van der Waals surface area contributed by atoms with Gasteiger partial charge in [0.05, 0.1) is 24.4 Å². The molecule has 35 heavy (non-hydrogen) atoms. The van der Waals surface area contributed by atoms with Gasteiger partial charge < -0.3 is 4.74 Å². The molecule has 2 N–H and O–H groups in total. The molecule has 0 spiro atoms. The van der Waals surface area contributed by atoms with Gasteiger partial charge in [0.15, 0.2) is 0 Å². The molecule has 11 heteroatoms. The van der Waals surface area contributed by atoms with Crippen LogP contribution >= 0.6 is 11.3 Å². The van der Waals surface area contributed by atoms with Gasteiger partial charge in [-0.1, -0.05) is 0 Å². The summed E-state index contributed by atoms with van der Waals surface area (Å²) >= 11 is 1.27. The molecule has 186 valence electrons. The van der Waals surface area contributed by atoms with Crippen LogP contribution < -0.4 is 5.48 Å². The zero-order valence-electron chi connectivity index (χ0n) is 20.1. The Balaban J connectivity index is 1.80. The highest BCUT2D eigenvalue weighted by atomic mass is 32.1. The number of nitrogens with zero attached hydrogens (tertiary/aromatic N) is 3. The lowest BCUT2D eigenvalue weighted by atomic mass is 9.95. The number of halogens is 1. The van der Waals surface area contributed by atoms with E-state index in [0.717, 1.165) is 12.8 Å². The minimum Gasteiger partial charge on any atom is -0.444 e. The summed E-state index contributed by atoms with van der Waals surface area (Å²) in [7, 11) is 1.35. The number of rotatable bonds is 5. The number of likely N-dealkylation sites (tertiary alicyclic amines) is 1. The number of ether oxygens (including phenoxy) is 1. The Hall–Kier alpha value is -3.31. The fraction of sp³-hybridized carbons (Fsp3) is 0.417. The summed E-state index contributed by atoms with van der Waals surface area (Å²) in [6, 6.07) is 5.67. The van der Waals surface area contributed by atoms with Gasteiger partial charge in [0.25, 0.3) is 5.91 Å². The zero-order chi connectivity index (χ0) is 25.2. The van der Waals surface area contributed by atoms with Crippen LogP contribution in [-0.2, 0) is 9.57 Å². The smallest absolute Gasteiger partial charge is 0.410 e. The first kappa shape index (κ1) is 24.8. The Morgan fingerprint density at radius 1 is 1.23 bits per heavy atom. The van der Waals surface area contributed by atoms with Crippen LogP contribution in [0.4, 0.5) is 9.18 Å². The summed E-state index contributed by atoms with van der Waals surface area (Å²) in [6.07, 6.45) is 2.10. The molecule has 3 heterocycles. The lowest BCUT2D eigenvalue weighted by Crippen LogP contribution is -2.42. The Kier molecular flexibility index (Phi) is 7.18. The Morgan fingerprint density at radius 2 is 1.97 bits per heavy atom. The van der Waals surface area contributed by atoms with E-state index in [1.54, 1.807) is 22.4 Å². The molecule has 2 aromatic heterocycles. The molecule has 1 atom stereocenters. The molecule has 1 aliphatic heterocycles. The van der Waals surface area contributed by atoms with Gasteiger partial charge in [-0.2, -0.15) is 5.10 Å². The van der Waals surface area contributed by atoms with Gasteiger partial charge in [-0.05, 0) is 64.3 Å². The highest BCUT2D eigenvalue weighted by Crippen LogP contribution is 2.42. The number of carbonyl (C=O) groups excluding carboxylic acids is 2. The first-order valence-corrected chi connectivity index (χ1v) is 12.2. The molecule has 9 nitrogen and oxygen atoms in total. The quantitative estimate of drug-likeness (QED) is 0.471. The molecule has 1 aromatic carbocycles. The highest BCUT2D eigenvalue weighted by molar-refractivity contribution is 7.13. The minimum absolute atomic E-state index is 0.191. The van der Waals surface area contributed by atoms with E-state index in [9.17, 15) is 14.0 Å². The lowest BCUT2D eigenvalue weighted by molar-refractivity contribution is 0.00906. The van der Waals surface area contributed by atoms with Gasteiger partial charge in [-0.15, -0.1) is 11.3 Å². The number of nitrogens with one attached hydrogen (secondary N) is 2. The van der Waals surface area contributed by atoms with Gasteiger partial charge in [0, 0.05) is 17.5 Å². The fourth-order valence-corrected chi connectivity index (χ4v) is 4.90. The molecule has 0 bridgehead atoms. The molecule has 0 aliphatic carbocycles. The van der Waals surface area contributed by atoms with Gasteiger partial charge in [0.2, 0.25) is 0 Å². The van der Waals surface area contributed by atoms with Crippen LogP contribution in [-0.4, -0.2) is 51.3 Å². The Morgan fingerprint density at radius 3 is 2.66 bits per heavy atom. The minimum atomic E-state index is -0.631. The lowest BCUT2D eigenvalue weighted by Gasteiger charge is -2.36. The van der Waals surface area contributed by atoms with Gasteiger partial charge in [0.1, 0.15) is 27.8 Å². The molecule has 1 unspecified atom stereocenters. The van der Waals surface area contributed by atoms with Crippen LogP contribution in [0, 0.1) is 5.82 Å². The van der Waals surface area contributed by atoms with Crippen molar-refractivity contribution >= 4 is 23.3 Å². The van der Waals surface area contributed by atoms with Crippen LogP contribution in [0.15, 0.2) is 29.6 Å². The predicted octanol–water partition coefficient (Wildman–Crippen LogP) is 5.09. The second kappa shape index (κ2) is 10.1. The second-order valence-corrected chi connectivity index (χ2v) is 10.1. The standard InChI is InChI=1S/C24H28FN5O4S/c1-24(2,3)34-23(32)30-12-6-5-7-17(30)20-18(22-26-16(13-35-22)21(31)29-33-4)19(27-28-20)14-8-10-15(25)11-9-14/h8-11,13,17H,5-7,12H2,1-4H3,(H,27,28)(H,29,31). The van der Waals surface area contributed by atoms with E-state index < -0.39 is 17.6 Å². The monoisotopic (exact) mass is 501 g/mol. The maximum Gasteiger partial charge on any atom is 0.410 e. The van der Waals surface area contributed by atoms with Gasteiger partial charge >= 0.3 is 6.09 Å². The summed E-state index contributed by atoms with van der Waals surface area (Å²) < 4.78 is 19.3. The van der Waals surface area contributed by atoms with Crippen molar-refractivity contribution in [3.8, 4) is 21.8 Å². The number of piperidine rings is 1. The number of aromatic amines is 1. The van der Waals surface area contributed by atoms with Crippen molar-refractivity contribution in [1.82, 2.24) is 25.6 Å². The first-order valence-electron chi connectivity index (χ1n) is 11.3. The number of hydrogen-bond donors (Lipinski definition) is 2. The molecular weight excluding hydrogens is 473 g/mol. The first-order chi connectivity index (χ1) is 16.7.